The van der Waals surface area contributed by atoms with E-state index in [9.17, 15) is 9.18 Å². The van der Waals surface area contributed by atoms with Crippen molar-refractivity contribution in [2.45, 2.75) is 32.9 Å². The van der Waals surface area contributed by atoms with Gasteiger partial charge in [-0.15, -0.1) is 0 Å². The number of anilines is 1. The number of carbonyl (C=O) groups excluding carboxylic acids is 1. The van der Waals surface area contributed by atoms with Gasteiger partial charge in [-0.05, 0) is 49.1 Å². The van der Waals surface area contributed by atoms with E-state index in [4.69, 9.17) is 0 Å². The molecule has 1 aliphatic heterocycles. The Balaban J connectivity index is 1.67. The van der Waals surface area contributed by atoms with Gasteiger partial charge in [0.25, 0.3) is 0 Å². The summed E-state index contributed by atoms with van der Waals surface area (Å²) in [4.78, 5) is 14.6. The standard InChI is InChI=1S/C19H21FN2O/c1-13-7-8-17(11-18(13)20)21-19(23)14(2)22-10-9-15-5-3-4-6-16(15)12-22/h3-8,11,14H,9-10,12H2,1-2H3,(H,21,23). The lowest BCUT2D eigenvalue weighted by Crippen LogP contribution is -2.44. The Bertz CT molecular complexity index is 729. The fourth-order valence-electron chi connectivity index (χ4n) is 2.93. The number of aryl methyl sites for hydroxylation is 1. The molecule has 1 N–H and O–H groups in total. The van der Waals surface area contributed by atoms with E-state index in [0.717, 1.165) is 19.5 Å². The summed E-state index contributed by atoms with van der Waals surface area (Å²) in [6.07, 6.45) is 0.951. The predicted octanol–water partition coefficient (Wildman–Crippen LogP) is 3.52. The summed E-state index contributed by atoms with van der Waals surface area (Å²) in [5, 5.41) is 2.81. The van der Waals surface area contributed by atoms with E-state index >= 15 is 0 Å². The molecular formula is C19H21FN2O. The zero-order valence-corrected chi connectivity index (χ0v) is 13.5. The van der Waals surface area contributed by atoms with Crippen LogP contribution >= 0.6 is 0 Å². The molecule has 0 saturated heterocycles. The molecule has 1 unspecified atom stereocenters. The molecule has 0 bridgehead atoms. The molecule has 0 saturated carbocycles. The van der Waals surface area contributed by atoms with Crippen LogP contribution in [0.5, 0.6) is 0 Å². The largest absolute Gasteiger partial charge is 0.325 e. The summed E-state index contributed by atoms with van der Waals surface area (Å²) in [5.74, 6) is -0.407. The molecule has 0 aromatic heterocycles. The number of halogens is 1. The Hall–Kier alpha value is -2.20. The van der Waals surface area contributed by atoms with Gasteiger partial charge in [-0.25, -0.2) is 4.39 Å². The highest BCUT2D eigenvalue weighted by Gasteiger charge is 2.25. The lowest BCUT2D eigenvalue weighted by atomic mass is 9.99. The second kappa shape index (κ2) is 6.50. The van der Waals surface area contributed by atoms with E-state index in [2.05, 4.69) is 28.4 Å². The number of amides is 1. The van der Waals surface area contributed by atoms with Crippen molar-refractivity contribution in [3.05, 3.63) is 65.0 Å². The average Bonchev–Trinajstić information content (AvgIpc) is 2.57. The van der Waals surface area contributed by atoms with Crippen LogP contribution in [0.1, 0.15) is 23.6 Å². The van der Waals surface area contributed by atoms with Crippen LogP contribution in [0.3, 0.4) is 0 Å². The molecule has 1 amide bonds. The van der Waals surface area contributed by atoms with Crippen molar-refractivity contribution in [2.75, 3.05) is 11.9 Å². The molecule has 0 spiro atoms. The van der Waals surface area contributed by atoms with Crippen molar-refractivity contribution in [2.24, 2.45) is 0 Å². The smallest absolute Gasteiger partial charge is 0.241 e. The predicted molar refractivity (Wildman–Crippen MR) is 89.8 cm³/mol. The molecule has 3 rings (SSSR count). The van der Waals surface area contributed by atoms with Gasteiger partial charge in [-0.2, -0.15) is 0 Å². The van der Waals surface area contributed by atoms with Gasteiger partial charge < -0.3 is 5.32 Å². The molecule has 0 radical (unpaired) electrons. The van der Waals surface area contributed by atoms with Crippen molar-refractivity contribution >= 4 is 11.6 Å². The topological polar surface area (TPSA) is 32.3 Å². The molecular weight excluding hydrogens is 291 g/mol. The third-order valence-corrected chi connectivity index (χ3v) is 4.53. The highest BCUT2D eigenvalue weighted by molar-refractivity contribution is 5.94. The van der Waals surface area contributed by atoms with Crippen LogP contribution in [-0.2, 0) is 17.8 Å². The van der Waals surface area contributed by atoms with Gasteiger partial charge in [-0.1, -0.05) is 30.3 Å². The molecule has 4 heteroatoms. The van der Waals surface area contributed by atoms with Gasteiger partial charge in [0.2, 0.25) is 5.91 Å². The highest BCUT2D eigenvalue weighted by atomic mass is 19.1. The van der Waals surface area contributed by atoms with Crippen molar-refractivity contribution in [1.82, 2.24) is 4.90 Å². The first-order valence-electron chi connectivity index (χ1n) is 7.92. The van der Waals surface area contributed by atoms with Crippen molar-refractivity contribution in [3.8, 4) is 0 Å². The molecule has 1 heterocycles. The Morgan fingerprint density at radius 1 is 1.22 bits per heavy atom. The monoisotopic (exact) mass is 312 g/mol. The lowest BCUT2D eigenvalue weighted by Gasteiger charge is -2.32. The van der Waals surface area contributed by atoms with Gasteiger partial charge in [0.15, 0.2) is 0 Å². The summed E-state index contributed by atoms with van der Waals surface area (Å²) < 4.78 is 13.6. The van der Waals surface area contributed by atoms with Gasteiger partial charge in [-0.3, -0.25) is 9.69 Å². The second-order valence-corrected chi connectivity index (χ2v) is 6.12. The van der Waals surface area contributed by atoms with E-state index in [1.807, 2.05) is 13.0 Å². The van der Waals surface area contributed by atoms with Crippen LogP contribution in [0.25, 0.3) is 0 Å². The van der Waals surface area contributed by atoms with Crippen LogP contribution in [-0.4, -0.2) is 23.4 Å². The van der Waals surface area contributed by atoms with E-state index in [1.165, 1.54) is 17.2 Å². The van der Waals surface area contributed by atoms with Crippen molar-refractivity contribution in [1.29, 1.82) is 0 Å². The Morgan fingerprint density at radius 3 is 2.70 bits per heavy atom. The van der Waals surface area contributed by atoms with Gasteiger partial charge in [0, 0.05) is 18.8 Å². The number of fused-ring (bicyclic) bond motifs is 1. The third kappa shape index (κ3) is 3.42. The van der Waals surface area contributed by atoms with E-state index < -0.39 is 0 Å². The van der Waals surface area contributed by atoms with Gasteiger partial charge >= 0.3 is 0 Å². The van der Waals surface area contributed by atoms with Crippen LogP contribution < -0.4 is 5.32 Å². The summed E-state index contributed by atoms with van der Waals surface area (Å²) in [5.41, 5.74) is 3.71. The highest BCUT2D eigenvalue weighted by Crippen LogP contribution is 2.21. The number of nitrogens with zero attached hydrogens (tertiary/aromatic N) is 1. The Kier molecular flexibility index (Phi) is 4.44. The maximum atomic E-state index is 13.6. The summed E-state index contributed by atoms with van der Waals surface area (Å²) in [7, 11) is 0. The number of hydrogen-bond acceptors (Lipinski definition) is 2. The van der Waals surface area contributed by atoms with Crippen molar-refractivity contribution in [3.63, 3.8) is 0 Å². The lowest BCUT2D eigenvalue weighted by molar-refractivity contribution is -0.121. The number of nitrogens with one attached hydrogen (secondary N) is 1. The van der Waals surface area contributed by atoms with Gasteiger partial charge in [0.05, 0.1) is 6.04 Å². The minimum absolute atomic E-state index is 0.104. The second-order valence-electron chi connectivity index (χ2n) is 6.12. The summed E-state index contributed by atoms with van der Waals surface area (Å²) >= 11 is 0. The van der Waals surface area contributed by atoms with Crippen molar-refractivity contribution < 1.29 is 9.18 Å². The maximum Gasteiger partial charge on any atom is 0.241 e. The number of benzene rings is 2. The van der Waals surface area contributed by atoms with Gasteiger partial charge in [0.1, 0.15) is 5.82 Å². The van der Waals surface area contributed by atoms with Crippen LogP contribution in [0.15, 0.2) is 42.5 Å². The molecule has 0 fully saturated rings. The SMILES string of the molecule is Cc1ccc(NC(=O)C(C)N2CCc3ccccc3C2)cc1F. The zero-order valence-electron chi connectivity index (χ0n) is 13.5. The minimum atomic E-state index is -0.303. The van der Waals surface area contributed by atoms with Crippen LogP contribution in [0, 0.1) is 12.7 Å². The first-order valence-corrected chi connectivity index (χ1v) is 7.92. The number of rotatable bonds is 3. The molecule has 1 atom stereocenters. The molecule has 2 aromatic carbocycles. The molecule has 3 nitrogen and oxygen atoms in total. The van der Waals surface area contributed by atoms with E-state index in [1.54, 1.807) is 19.1 Å². The quantitative estimate of drug-likeness (QED) is 0.940. The molecule has 1 aliphatic rings. The number of hydrogen-bond donors (Lipinski definition) is 1. The fourth-order valence-corrected chi connectivity index (χ4v) is 2.93. The first-order chi connectivity index (χ1) is 11.0. The maximum absolute atomic E-state index is 13.6. The molecule has 0 aliphatic carbocycles. The Morgan fingerprint density at radius 2 is 1.96 bits per heavy atom. The molecule has 2 aromatic rings. The molecule has 120 valence electrons. The normalized spacial score (nSPS) is 15.8. The Labute approximate surface area is 136 Å². The first kappa shape index (κ1) is 15.7. The van der Waals surface area contributed by atoms with Crippen LogP contribution in [0.2, 0.25) is 0 Å². The van der Waals surface area contributed by atoms with Crippen LogP contribution in [0.4, 0.5) is 10.1 Å². The summed E-state index contributed by atoms with van der Waals surface area (Å²) in [6.45, 7) is 5.23. The molecule has 23 heavy (non-hydrogen) atoms. The average molecular weight is 312 g/mol. The van der Waals surface area contributed by atoms with E-state index in [-0.39, 0.29) is 17.8 Å². The summed E-state index contributed by atoms with van der Waals surface area (Å²) in [6, 6.07) is 12.9. The zero-order chi connectivity index (χ0) is 16.4. The fraction of sp³-hybridized carbons (Fsp3) is 0.316. The third-order valence-electron chi connectivity index (χ3n) is 4.53. The minimum Gasteiger partial charge on any atom is -0.325 e. The van der Waals surface area contributed by atoms with E-state index in [0.29, 0.717) is 11.3 Å². The number of carbonyl (C=O) groups is 1.